The van der Waals surface area contributed by atoms with Gasteiger partial charge in [-0.1, -0.05) is 32.4 Å². The van der Waals surface area contributed by atoms with Gasteiger partial charge in [-0.15, -0.1) is 0 Å². The van der Waals surface area contributed by atoms with Gasteiger partial charge in [-0.3, -0.25) is 9.59 Å². The van der Waals surface area contributed by atoms with E-state index in [0.29, 0.717) is 5.69 Å². The molecule has 2 amide bonds. The van der Waals surface area contributed by atoms with E-state index in [1.807, 2.05) is 13.8 Å². The van der Waals surface area contributed by atoms with Crippen LogP contribution in [0.25, 0.3) is 0 Å². The number of amides is 2. The monoisotopic (exact) mass is 263 g/mol. The molecule has 0 aliphatic heterocycles. The molecule has 2 atom stereocenters. The quantitative estimate of drug-likeness (QED) is 0.714. The predicted molar refractivity (Wildman–Crippen MR) is 75.4 cm³/mol. The van der Waals surface area contributed by atoms with E-state index >= 15 is 0 Å². The van der Waals surface area contributed by atoms with Gasteiger partial charge in [0.25, 0.3) is 0 Å². The lowest BCUT2D eigenvalue weighted by Gasteiger charge is -2.17. The molecule has 0 heterocycles. The zero-order valence-corrected chi connectivity index (χ0v) is 11.3. The van der Waals surface area contributed by atoms with Gasteiger partial charge in [0, 0.05) is 5.69 Å². The highest BCUT2D eigenvalue weighted by molar-refractivity contribution is 5.94. The summed E-state index contributed by atoms with van der Waals surface area (Å²) in [4.78, 5) is 22.6. The van der Waals surface area contributed by atoms with Crippen molar-refractivity contribution in [3.8, 4) is 0 Å². The second-order valence-electron chi connectivity index (χ2n) is 4.74. The van der Waals surface area contributed by atoms with Crippen molar-refractivity contribution in [2.24, 2.45) is 17.4 Å². The number of rotatable bonds is 6. The van der Waals surface area contributed by atoms with Crippen LogP contribution in [0, 0.1) is 5.92 Å². The minimum absolute atomic E-state index is 0.133. The first-order valence-electron chi connectivity index (χ1n) is 6.37. The van der Waals surface area contributed by atoms with Crippen molar-refractivity contribution < 1.29 is 9.59 Å². The Morgan fingerprint density at radius 2 is 1.84 bits per heavy atom. The van der Waals surface area contributed by atoms with Crippen molar-refractivity contribution in [3.63, 3.8) is 0 Å². The summed E-state index contributed by atoms with van der Waals surface area (Å²) in [5, 5.41) is 2.76. The van der Waals surface area contributed by atoms with Gasteiger partial charge in [-0.05, 0) is 23.6 Å². The molecule has 1 aromatic carbocycles. The highest BCUT2D eigenvalue weighted by atomic mass is 16.2. The van der Waals surface area contributed by atoms with E-state index in [1.54, 1.807) is 24.3 Å². The van der Waals surface area contributed by atoms with Crippen molar-refractivity contribution in [2.75, 3.05) is 5.32 Å². The Morgan fingerprint density at radius 1 is 1.26 bits per heavy atom. The summed E-state index contributed by atoms with van der Waals surface area (Å²) in [6.45, 7) is 3.94. The van der Waals surface area contributed by atoms with Gasteiger partial charge < -0.3 is 16.8 Å². The van der Waals surface area contributed by atoms with E-state index in [1.165, 1.54) is 0 Å². The molecule has 5 heteroatoms. The SMILES string of the molecule is CCC(C)C(N)C(=O)Nc1ccc(CC(N)=O)cc1. The van der Waals surface area contributed by atoms with Crippen LogP contribution in [0.1, 0.15) is 25.8 Å². The van der Waals surface area contributed by atoms with Crippen LogP contribution in [0.5, 0.6) is 0 Å². The number of carbonyl (C=O) groups is 2. The maximum atomic E-state index is 11.9. The van der Waals surface area contributed by atoms with E-state index in [2.05, 4.69) is 5.32 Å². The molecule has 104 valence electrons. The molecule has 0 radical (unpaired) electrons. The number of hydrogen-bond acceptors (Lipinski definition) is 3. The van der Waals surface area contributed by atoms with E-state index in [4.69, 9.17) is 11.5 Å². The molecule has 0 saturated carbocycles. The van der Waals surface area contributed by atoms with Crippen LogP contribution in [0.4, 0.5) is 5.69 Å². The standard InChI is InChI=1S/C14H21N3O2/c1-3-9(2)13(16)14(19)17-11-6-4-10(5-7-11)8-12(15)18/h4-7,9,13H,3,8,16H2,1-2H3,(H2,15,18)(H,17,19). The number of hydrogen-bond donors (Lipinski definition) is 3. The van der Waals surface area contributed by atoms with E-state index in [0.717, 1.165) is 12.0 Å². The summed E-state index contributed by atoms with van der Waals surface area (Å²) in [5.74, 6) is -0.443. The predicted octanol–water partition coefficient (Wildman–Crippen LogP) is 1.03. The maximum Gasteiger partial charge on any atom is 0.241 e. The Morgan fingerprint density at radius 3 is 2.32 bits per heavy atom. The van der Waals surface area contributed by atoms with Gasteiger partial charge in [-0.2, -0.15) is 0 Å². The minimum Gasteiger partial charge on any atom is -0.369 e. The number of nitrogens with one attached hydrogen (secondary N) is 1. The summed E-state index contributed by atoms with van der Waals surface area (Å²) in [6.07, 6.45) is 1.05. The van der Waals surface area contributed by atoms with Crippen molar-refractivity contribution in [1.29, 1.82) is 0 Å². The highest BCUT2D eigenvalue weighted by Gasteiger charge is 2.19. The van der Waals surface area contributed by atoms with Crippen LogP contribution in [0.15, 0.2) is 24.3 Å². The van der Waals surface area contributed by atoms with Gasteiger partial charge >= 0.3 is 0 Å². The third-order valence-electron chi connectivity index (χ3n) is 3.16. The zero-order valence-electron chi connectivity index (χ0n) is 11.3. The van der Waals surface area contributed by atoms with Gasteiger partial charge in [0.15, 0.2) is 0 Å². The molecular weight excluding hydrogens is 242 g/mol. The molecule has 5 nitrogen and oxygen atoms in total. The van der Waals surface area contributed by atoms with Gasteiger partial charge in [0.05, 0.1) is 12.5 Å². The lowest BCUT2D eigenvalue weighted by atomic mass is 9.99. The first-order chi connectivity index (χ1) is 8.93. The Bertz CT molecular complexity index is 443. The molecule has 1 rings (SSSR count). The van der Waals surface area contributed by atoms with Crippen molar-refractivity contribution in [1.82, 2.24) is 0 Å². The Labute approximate surface area is 113 Å². The Balaban J connectivity index is 2.62. The molecule has 5 N–H and O–H groups in total. The van der Waals surface area contributed by atoms with Crippen molar-refractivity contribution in [2.45, 2.75) is 32.7 Å². The molecule has 0 aliphatic rings. The number of primary amides is 1. The molecule has 0 aromatic heterocycles. The topological polar surface area (TPSA) is 98.2 Å². The molecule has 0 fully saturated rings. The molecule has 19 heavy (non-hydrogen) atoms. The smallest absolute Gasteiger partial charge is 0.241 e. The largest absolute Gasteiger partial charge is 0.369 e. The van der Waals surface area contributed by atoms with Crippen molar-refractivity contribution in [3.05, 3.63) is 29.8 Å². The van der Waals surface area contributed by atoms with E-state index in [9.17, 15) is 9.59 Å². The third-order valence-corrected chi connectivity index (χ3v) is 3.16. The van der Waals surface area contributed by atoms with Crippen molar-refractivity contribution >= 4 is 17.5 Å². The summed E-state index contributed by atoms with van der Waals surface area (Å²) in [7, 11) is 0. The van der Waals surface area contributed by atoms with Gasteiger partial charge in [0.2, 0.25) is 11.8 Å². The fraction of sp³-hybridized carbons (Fsp3) is 0.429. The number of benzene rings is 1. The fourth-order valence-electron chi connectivity index (χ4n) is 1.65. The van der Waals surface area contributed by atoms with Crippen LogP contribution >= 0.6 is 0 Å². The average Bonchev–Trinajstić information content (AvgIpc) is 2.38. The molecule has 1 aromatic rings. The van der Waals surface area contributed by atoms with Crippen LogP contribution in [-0.2, 0) is 16.0 Å². The second-order valence-corrected chi connectivity index (χ2v) is 4.74. The third kappa shape index (κ3) is 4.71. The Hall–Kier alpha value is -1.88. The first-order valence-corrected chi connectivity index (χ1v) is 6.37. The van der Waals surface area contributed by atoms with Gasteiger partial charge in [0.1, 0.15) is 0 Å². The molecule has 0 aliphatic carbocycles. The number of carbonyl (C=O) groups excluding carboxylic acids is 2. The second kappa shape index (κ2) is 6.89. The fourth-order valence-corrected chi connectivity index (χ4v) is 1.65. The highest BCUT2D eigenvalue weighted by Crippen LogP contribution is 2.12. The summed E-state index contributed by atoms with van der Waals surface area (Å²) in [6, 6.07) is 6.47. The van der Waals surface area contributed by atoms with Crippen LogP contribution < -0.4 is 16.8 Å². The van der Waals surface area contributed by atoms with Crippen LogP contribution in [-0.4, -0.2) is 17.9 Å². The maximum absolute atomic E-state index is 11.9. The number of anilines is 1. The first kappa shape index (κ1) is 15.2. The summed E-state index contributed by atoms with van der Waals surface area (Å²) < 4.78 is 0. The zero-order chi connectivity index (χ0) is 14.4. The lowest BCUT2D eigenvalue weighted by Crippen LogP contribution is -2.40. The van der Waals surface area contributed by atoms with Gasteiger partial charge in [-0.25, -0.2) is 0 Å². The Kier molecular flexibility index (Phi) is 5.51. The van der Waals surface area contributed by atoms with E-state index in [-0.39, 0.29) is 24.2 Å². The lowest BCUT2D eigenvalue weighted by molar-refractivity contribution is -0.118. The van der Waals surface area contributed by atoms with Crippen LogP contribution in [0.3, 0.4) is 0 Å². The van der Waals surface area contributed by atoms with Crippen LogP contribution in [0.2, 0.25) is 0 Å². The average molecular weight is 263 g/mol. The molecule has 0 spiro atoms. The normalized spacial score (nSPS) is 13.6. The molecular formula is C14H21N3O2. The molecule has 2 unspecified atom stereocenters. The number of nitrogens with two attached hydrogens (primary N) is 2. The molecule has 0 bridgehead atoms. The molecule has 0 saturated heterocycles. The minimum atomic E-state index is -0.518. The van der Waals surface area contributed by atoms with E-state index < -0.39 is 6.04 Å². The summed E-state index contributed by atoms with van der Waals surface area (Å²) in [5.41, 5.74) is 12.4. The summed E-state index contributed by atoms with van der Waals surface area (Å²) >= 11 is 0.